The molecule has 0 saturated heterocycles. The maximum absolute atomic E-state index is 6.32. The lowest BCUT2D eigenvalue weighted by Gasteiger charge is -2.35. The summed E-state index contributed by atoms with van der Waals surface area (Å²) < 4.78 is 0. The largest absolute Gasteiger partial charge is 0.399 e. The van der Waals surface area contributed by atoms with E-state index in [1.54, 1.807) is 17.3 Å². The second kappa shape index (κ2) is 6.56. The number of para-hydroxylation sites is 2. The summed E-state index contributed by atoms with van der Waals surface area (Å²) >= 11 is 0. The molecule has 1 aliphatic rings. The number of hydrogen-bond donors (Lipinski definition) is 3. The van der Waals surface area contributed by atoms with Gasteiger partial charge in [-0.2, -0.15) is 5.17 Å². The Morgan fingerprint density at radius 3 is 2.26 bits per heavy atom. The molecule has 0 heterocycles. The first-order valence-electron chi connectivity index (χ1n) is 7.44. The monoisotopic (exact) mass is 308 g/mol. The number of nitrogens with zero attached hydrogens (tertiary/aromatic N) is 1. The van der Waals surface area contributed by atoms with Crippen molar-refractivity contribution in [1.29, 1.82) is 0 Å². The molecule has 5 heteroatoms. The van der Waals surface area contributed by atoms with E-state index in [2.05, 4.69) is 5.43 Å². The van der Waals surface area contributed by atoms with Gasteiger partial charge in [-0.25, -0.2) is 4.84 Å². The minimum absolute atomic E-state index is 0.495. The SMILES string of the molecule is NC1=CCC(N)(ON(Nc2ccccc2)c2ccccc2)C=C1. The van der Waals surface area contributed by atoms with Crippen LogP contribution >= 0.6 is 0 Å². The standard InChI is InChI=1S/C18H20N4O/c19-15-11-13-18(20,14-12-15)23-22(17-9-5-2-6-10-17)21-16-7-3-1-4-8-16/h1-13,21H,14,19-20H2. The van der Waals surface area contributed by atoms with Crippen LogP contribution in [0.5, 0.6) is 0 Å². The molecular weight excluding hydrogens is 288 g/mol. The fraction of sp³-hybridized carbons (Fsp3) is 0.111. The highest BCUT2D eigenvalue weighted by molar-refractivity contribution is 5.53. The third-order valence-electron chi connectivity index (χ3n) is 3.47. The number of allylic oxidation sites excluding steroid dienone is 1. The van der Waals surface area contributed by atoms with Crippen LogP contribution in [-0.4, -0.2) is 5.72 Å². The molecule has 0 aromatic heterocycles. The summed E-state index contributed by atoms with van der Waals surface area (Å²) in [6.07, 6.45) is 5.88. The van der Waals surface area contributed by atoms with Crippen molar-refractivity contribution >= 4 is 11.4 Å². The highest BCUT2D eigenvalue weighted by atomic mass is 16.7. The molecule has 5 N–H and O–H groups in total. The lowest BCUT2D eigenvalue weighted by molar-refractivity contribution is -0.0129. The molecule has 0 radical (unpaired) electrons. The molecule has 0 spiro atoms. The molecule has 23 heavy (non-hydrogen) atoms. The number of rotatable bonds is 5. The van der Waals surface area contributed by atoms with Crippen LogP contribution in [0.4, 0.5) is 11.4 Å². The van der Waals surface area contributed by atoms with Gasteiger partial charge in [0.25, 0.3) is 0 Å². The predicted molar refractivity (Wildman–Crippen MR) is 93.0 cm³/mol. The van der Waals surface area contributed by atoms with Gasteiger partial charge < -0.3 is 5.73 Å². The van der Waals surface area contributed by atoms with Crippen molar-refractivity contribution in [3.63, 3.8) is 0 Å². The summed E-state index contributed by atoms with van der Waals surface area (Å²) in [5.74, 6) is 0. The summed E-state index contributed by atoms with van der Waals surface area (Å²) in [5.41, 5.74) is 16.8. The third-order valence-corrected chi connectivity index (χ3v) is 3.47. The molecule has 0 bridgehead atoms. The Morgan fingerprint density at radius 2 is 1.65 bits per heavy atom. The minimum Gasteiger partial charge on any atom is -0.399 e. The van der Waals surface area contributed by atoms with Gasteiger partial charge in [0.15, 0.2) is 5.72 Å². The molecule has 1 aliphatic carbocycles. The molecule has 5 nitrogen and oxygen atoms in total. The van der Waals surface area contributed by atoms with Crippen LogP contribution in [-0.2, 0) is 4.84 Å². The van der Waals surface area contributed by atoms with Crippen molar-refractivity contribution in [3.8, 4) is 0 Å². The highest BCUT2D eigenvalue weighted by Gasteiger charge is 2.28. The average Bonchev–Trinajstić information content (AvgIpc) is 2.59. The number of hydrazine groups is 1. The van der Waals surface area contributed by atoms with E-state index in [9.17, 15) is 0 Å². The fourth-order valence-electron chi connectivity index (χ4n) is 2.22. The van der Waals surface area contributed by atoms with Crippen LogP contribution in [0, 0.1) is 0 Å². The highest BCUT2D eigenvalue weighted by Crippen LogP contribution is 2.24. The molecule has 0 saturated carbocycles. The first kappa shape index (κ1) is 15.1. The molecule has 1 atom stereocenters. The Morgan fingerprint density at radius 1 is 1.00 bits per heavy atom. The molecular formula is C18H20N4O. The molecule has 1 unspecified atom stereocenters. The smallest absolute Gasteiger partial charge is 0.169 e. The third kappa shape index (κ3) is 3.91. The van der Waals surface area contributed by atoms with Gasteiger partial charge in [0, 0.05) is 12.1 Å². The van der Waals surface area contributed by atoms with Gasteiger partial charge in [0.2, 0.25) is 0 Å². The molecule has 0 amide bonds. The molecule has 0 fully saturated rings. The zero-order valence-electron chi connectivity index (χ0n) is 12.7. The van der Waals surface area contributed by atoms with E-state index in [1.807, 2.05) is 66.7 Å². The van der Waals surface area contributed by atoms with Crippen molar-refractivity contribution in [3.05, 3.63) is 84.6 Å². The first-order valence-corrected chi connectivity index (χ1v) is 7.44. The van der Waals surface area contributed by atoms with E-state index in [-0.39, 0.29) is 0 Å². The lowest BCUT2D eigenvalue weighted by atomic mass is 10.0. The van der Waals surface area contributed by atoms with Gasteiger partial charge in [-0.15, -0.1) is 0 Å². The topological polar surface area (TPSA) is 76.5 Å². The van der Waals surface area contributed by atoms with E-state index in [4.69, 9.17) is 16.3 Å². The number of hydrogen-bond acceptors (Lipinski definition) is 5. The van der Waals surface area contributed by atoms with E-state index in [0.29, 0.717) is 12.1 Å². The van der Waals surface area contributed by atoms with Crippen LogP contribution in [0.2, 0.25) is 0 Å². The number of anilines is 2. The van der Waals surface area contributed by atoms with Gasteiger partial charge in [-0.3, -0.25) is 11.2 Å². The fourth-order valence-corrected chi connectivity index (χ4v) is 2.22. The number of nitrogens with two attached hydrogens (primary N) is 2. The van der Waals surface area contributed by atoms with E-state index in [0.717, 1.165) is 11.4 Å². The summed E-state index contributed by atoms with van der Waals surface area (Å²) in [5, 5.41) is 1.58. The predicted octanol–water partition coefficient (Wildman–Crippen LogP) is 2.91. The van der Waals surface area contributed by atoms with Crippen LogP contribution in [0.1, 0.15) is 6.42 Å². The second-order valence-electron chi connectivity index (χ2n) is 5.40. The van der Waals surface area contributed by atoms with Crippen LogP contribution in [0.25, 0.3) is 0 Å². The van der Waals surface area contributed by atoms with Crippen LogP contribution in [0.15, 0.2) is 84.6 Å². The van der Waals surface area contributed by atoms with E-state index < -0.39 is 5.72 Å². The van der Waals surface area contributed by atoms with E-state index in [1.165, 1.54) is 0 Å². The zero-order valence-corrected chi connectivity index (χ0v) is 12.7. The van der Waals surface area contributed by atoms with Crippen molar-refractivity contribution < 1.29 is 4.84 Å². The minimum atomic E-state index is -0.958. The molecule has 118 valence electrons. The zero-order chi connectivity index (χ0) is 16.1. The Bertz CT molecular complexity index is 699. The van der Waals surface area contributed by atoms with Crippen molar-refractivity contribution in [2.75, 3.05) is 10.6 Å². The normalized spacial score (nSPS) is 20.0. The van der Waals surface area contributed by atoms with Gasteiger partial charge in [0.05, 0.1) is 11.4 Å². The van der Waals surface area contributed by atoms with Gasteiger partial charge in [0.1, 0.15) is 0 Å². The van der Waals surface area contributed by atoms with E-state index >= 15 is 0 Å². The van der Waals surface area contributed by atoms with Crippen molar-refractivity contribution in [2.24, 2.45) is 11.5 Å². The van der Waals surface area contributed by atoms with Gasteiger partial charge >= 0.3 is 0 Å². The number of nitrogens with one attached hydrogen (secondary N) is 1. The molecule has 3 rings (SSSR count). The Hall–Kier alpha value is -2.76. The maximum Gasteiger partial charge on any atom is 0.169 e. The Kier molecular flexibility index (Phi) is 4.32. The molecule has 2 aromatic carbocycles. The molecule has 2 aromatic rings. The average molecular weight is 308 g/mol. The van der Waals surface area contributed by atoms with Gasteiger partial charge in [-0.05, 0) is 36.4 Å². The van der Waals surface area contributed by atoms with Crippen LogP contribution in [0.3, 0.4) is 0 Å². The van der Waals surface area contributed by atoms with Crippen molar-refractivity contribution in [1.82, 2.24) is 0 Å². The van der Waals surface area contributed by atoms with Crippen molar-refractivity contribution in [2.45, 2.75) is 12.1 Å². The summed E-state index contributed by atoms with van der Waals surface area (Å²) in [4.78, 5) is 6.03. The quantitative estimate of drug-likeness (QED) is 0.585. The maximum atomic E-state index is 6.32. The molecule has 0 aliphatic heterocycles. The lowest BCUT2D eigenvalue weighted by Crippen LogP contribution is -2.49. The Labute approximate surface area is 135 Å². The summed E-state index contributed by atoms with van der Waals surface area (Å²) in [6, 6.07) is 19.5. The van der Waals surface area contributed by atoms with Crippen LogP contribution < -0.4 is 22.1 Å². The summed E-state index contributed by atoms with van der Waals surface area (Å²) in [7, 11) is 0. The summed E-state index contributed by atoms with van der Waals surface area (Å²) in [6.45, 7) is 0. The Balaban J connectivity index is 1.83. The van der Waals surface area contributed by atoms with Gasteiger partial charge in [-0.1, -0.05) is 42.5 Å². The number of benzene rings is 2. The first-order chi connectivity index (χ1) is 11.1. The second-order valence-corrected chi connectivity index (χ2v) is 5.40.